The van der Waals surface area contributed by atoms with Crippen LogP contribution in [0.25, 0.3) is 11.3 Å². The monoisotopic (exact) mass is 270 g/mol. The summed E-state index contributed by atoms with van der Waals surface area (Å²) in [5.74, 6) is 2.02. The van der Waals surface area contributed by atoms with E-state index in [4.69, 9.17) is 9.15 Å². The molecule has 1 unspecified atom stereocenters. The second-order valence-corrected chi connectivity index (χ2v) is 6.61. The molecule has 0 spiro atoms. The Balaban J connectivity index is 2.19. The first-order valence-electron chi connectivity index (χ1n) is 7.27. The predicted molar refractivity (Wildman–Crippen MR) is 80.7 cm³/mol. The Bertz CT molecular complexity index is 602. The van der Waals surface area contributed by atoms with Gasteiger partial charge in [-0.05, 0) is 18.8 Å². The highest BCUT2D eigenvalue weighted by Crippen LogP contribution is 2.46. The van der Waals surface area contributed by atoms with Crippen LogP contribution in [0.1, 0.15) is 43.8 Å². The van der Waals surface area contributed by atoms with Crippen molar-refractivity contribution in [3.05, 3.63) is 47.2 Å². The number of aryl methyl sites for hydroxylation is 1. The molecule has 1 aliphatic rings. The number of hydrogen-bond acceptors (Lipinski definition) is 2. The van der Waals surface area contributed by atoms with Crippen LogP contribution in [0.4, 0.5) is 0 Å². The molecule has 1 atom stereocenters. The van der Waals surface area contributed by atoms with E-state index in [0.717, 1.165) is 30.1 Å². The van der Waals surface area contributed by atoms with Crippen LogP contribution < -0.4 is 0 Å². The third kappa shape index (κ3) is 2.18. The maximum absolute atomic E-state index is 6.10. The summed E-state index contributed by atoms with van der Waals surface area (Å²) in [5, 5.41) is 0. The Morgan fingerprint density at radius 3 is 2.45 bits per heavy atom. The minimum atomic E-state index is 0.0645. The number of furan rings is 1. The molecule has 2 heteroatoms. The SMILES string of the molecule is Cc1oc(-c2ccccc2)c2c1CCOC2C(C)(C)C. The summed E-state index contributed by atoms with van der Waals surface area (Å²) >= 11 is 0. The zero-order valence-corrected chi connectivity index (χ0v) is 12.7. The second-order valence-electron chi connectivity index (χ2n) is 6.61. The van der Waals surface area contributed by atoms with Gasteiger partial charge in [0, 0.05) is 16.7 Å². The molecule has 2 heterocycles. The first kappa shape index (κ1) is 13.4. The van der Waals surface area contributed by atoms with Gasteiger partial charge in [-0.2, -0.15) is 0 Å². The van der Waals surface area contributed by atoms with Crippen LogP contribution in [0.3, 0.4) is 0 Å². The summed E-state index contributed by atoms with van der Waals surface area (Å²) < 4.78 is 12.2. The van der Waals surface area contributed by atoms with Gasteiger partial charge in [0.25, 0.3) is 0 Å². The van der Waals surface area contributed by atoms with Gasteiger partial charge in [-0.15, -0.1) is 0 Å². The number of benzene rings is 1. The van der Waals surface area contributed by atoms with Crippen LogP contribution in [0.2, 0.25) is 0 Å². The van der Waals surface area contributed by atoms with Gasteiger partial charge in [0.05, 0.1) is 12.7 Å². The maximum Gasteiger partial charge on any atom is 0.140 e. The molecule has 1 aromatic heterocycles. The Morgan fingerprint density at radius 1 is 1.10 bits per heavy atom. The molecule has 0 saturated heterocycles. The van der Waals surface area contributed by atoms with Gasteiger partial charge in [-0.25, -0.2) is 0 Å². The third-order valence-corrected chi connectivity index (χ3v) is 3.97. The van der Waals surface area contributed by atoms with Crippen LogP contribution in [0.5, 0.6) is 0 Å². The van der Waals surface area contributed by atoms with E-state index in [1.807, 2.05) is 6.07 Å². The fraction of sp³-hybridized carbons (Fsp3) is 0.444. The van der Waals surface area contributed by atoms with Gasteiger partial charge in [0.15, 0.2) is 0 Å². The summed E-state index contributed by atoms with van der Waals surface area (Å²) in [6, 6.07) is 10.3. The molecule has 0 amide bonds. The van der Waals surface area contributed by atoms with Crippen molar-refractivity contribution in [3.8, 4) is 11.3 Å². The standard InChI is InChI=1S/C18H22O2/c1-12-14-10-11-19-17(18(2,3)4)15(14)16(20-12)13-8-6-5-7-9-13/h5-9,17H,10-11H2,1-4H3. The molecular formula is C18H22O2. The van der Waals surface area contributed by atoms with Gasteiger partial charge >= 0.3 is 0 Å². The zero-order valence-electron chi connectivity index (χ0n) is 12.7. The molecule has 0 fully saturated rings. The summed E-state index contributed by atoms with van der Waals surface area (Å²) in [5.41, 5.74) is 3.80. The summed E-state index contributed by atoms with van der Waals surface area (Å²) in [4.78, 5) is 0. The molecule has 1 aliphatic heterocycles. The molecular weight excluding hydrogens is 248 g/mol. The van der Waals surface area contributed by atoms with Gasteiger partial charge in [-0.3, -0.25) is 0 Å². The molecule has 0 saturated carbocycles. The van der Waals surface area contributed by atoms with E-state index < -0.39 is 0 Å². The van der Waals surface area contributed by atoms with Gasteiger partial charge in [-0.1, -0.05) is 51.1 Å². The quantitative estimate of drug-likeness (QED) is 0.734. The smallest absolute Gasteiger partial charge is 0.140 e. The van der Waals surface area contributed by atoms with Crippen LogP contribution in [-0.4, -0.2) is 6.61 Å². The average molecular weight is 270 g/mol. The van der Waals surface area contributed by atoms with E-state index in [1.54, 1.807) is 0 Å². The normalized spacial score (nSPS) is 18.9. The number of hydrogen-bond donors (Lipinski definition) is 0. The van der Waals surface area contributed by atoms with Crippen molar-refractivity contribution in [1.29, 1.82) is 0 Å². The van der Waals surface area contributed by atoms with Crippen LogP contribution >= 0.6 is 0 Å². The lowest BCUT2D eigenvalue weighted by molar-refractivity contribution is -0.0279. The molecule has 106 valence electrons. The first-order chi connectivity index (χ1) is 9.48. The van der Waals surface area contributed by atoms with Crippen molar-refractivity contribution in [2.75, 3.05) is 6.61 Å². The Kier molecular flexibility index (Phi) is 3.21. The second kappa shape index (κ2) is 4.78. The average Bonchev–Trinajstić information content (AvgIpc) is 2.76. The molecule has 2 nitrogen and oxygen atoms in total. The van der Waals surface area contributed by atoms with E-state index >= 15 is 0 Å². The largest absolute Gasteiger partial charge is 0.461 e. The zero-order chi connectivity index (χ0) is 14.3. The first-order valence-corrected chi connectivity index (χ1v) is 7.27. The van der Waals surface area contributed by atoms with Crippen molar-refractivity contribution in [2.45, 2.75) is 40.2 Å². The van der Waals surface area contributed by atoms with E-state index in [1.165, 1.54) is 11.1 Å². The lowest BCUT2D eigenvalue weighted by Gasteiger charge is -2.34. The summed E-state index contributed by atoms with van der Waals surface area (Å²) in [6.45, 7) is 9.53. The van der Waals surface area contributed by atoms with Crippen molar-refractivity contribution in [2.24, 2.45) is 5.41 Å². The Labute approximate surface area is 120 Å². The molecule has 0 N–H and O–H groups in total. The van der Waals surface area contributed by atoms with Crippen molar-refractivity contribution >= 4 is 0 Å². The van der Waals surface area contributed by atoms with Gasteiger partial charge < -0.3 is 9.15 Å². The summed E-state index contributed by atoms with van der Waals surface area (Å²) in [7, 11) is 0. The number of fused-ring (bicyclic) bond motifs is 1. The lowest BCUT2D eigenvalue weighted by atomic mass is 9.80. The fourth-order valence-corrected chi connectivity index (χ4v) is 3.03. The number of ether oxygens (including phenoxy) is 1. The minimum absolute atomic E-state index is 0.0645. The van der Waals surface area contributed by atoms with Crippen LogP contribution in [0, 0.1) is 12.3 Å². The van der Waals surface area contributed by atoms with Gasteiger partial charge in [0.1, 0.15) is 11.5 Å². The Morgan fingerprint density at radius 2 is 1.80 bits per heavy atom. The third-order valence-electron chi connectivity index (χ3n) is 3.97. The van der Waals surface area contributed by atoms with Crippen molar-refractivity contribution in [3.63, 3.8) is 0 Å². The molecule has 1 aromatic carbocycles. The predicted octanol–water partition coefficient (Wildman–Crippen LogP) is 4.91. The molecule has 0 aliphatic carbocycles. The van der Waals surface area contributed by atoms with Crippen molar-refractivity contribution in [1.82, 2.24) is 0 Å². The molecule has 2 aromatic rings. The van der Waals surface area contributed by atoms with E-state index in [-0.39, 0.29) is 11.5 Å². The van der Waals surface area contributed by atoms with E-state index in [9.17, 15) is 0 Å². The highest BCUT2D eigenvalue weighted by molar-refractivity contribution is 5.65. The summed E-state index contributed by atoms with van der Waals surface area (Å²) in [6.07, 6.45) is 1.04. The molecule has 0 radical (unpaired) electrons. The van der Waals surface area contributed by atoms with Crippen LogP contribution in [0.15, 0.2) is 34.7 Å². The Hall–Kier alpha value is -1.54. The molecule has 20 heavy (non-hydrogen) atoms. The number of rotatable bonds is 1. The molecule has 3 rings (SSSR count). The van der Waals surface area contributed by atoms with Gasteiger partial charge in [0.2, 0.25) is 0 Å². The molecule has 0 bridgehead atoms. The maximum atomic E-state index is 6.10. The lowest BCUT2D eigenvalue weighted by Crippen LogP contribution is -2.27. The van der Waals surface area contributed by atoms with E-state index in [0.29, 0.717) is 0 Å². The van der Waals surface area contributed by atoms with Crippen LogP contribution in [-0.2, 0) is 11.2 Å². The van der Waals surface area contributed by atoms with Crippen molar-refractivity contribution < 1.29 is 9.15 Å². The highest BCUT2D eigenvalue weighted by atomic mass is 16.5. The fourth-order valence-electron chi connectivity index (χ4n) is 3.03. The van der Waals surface area contributed by atoms with E-state index in [2.05, 4.69) is 52.0 Å². The highest BCUT2D eigenvalue weighted by Gasteiger charge is 2.37. The topological polar surface area (TPSA) is 22.4 Å². The minimum Gasteiger partial charge on any atom is -0.461 e.